The number of amides is 1. The number of aliphatic hydroxyl groups excluding tert-OH is 1. The van der Waals surface area contributed by atoms with Gasteiger partial charge in [-0.2, -0.15) is 4.57 Å². The maximum Gasteiger partial charge on any atom is 0.352 e. The number of hydrogen-bond donors (Lipinski definition) is 2. The highest BCUT2D eigenvalue weighted by Crippen LogP contribution is 2.48. The molecule has 7 heteroatoms. The number of carboxylic acids is 1. The van der Waals surface area contributed by atoms with Gasteiger partial charge < -0.3 is 15.1 Å². The zero-order valence-corrected chi connectivity index (χ0v) is 14.7. The van der Waals surface area contributed by atoms with Crippen LogP contribution in [0.2, 0.25) is 0 Å². The van der Waals surface area contributed by atoms with E-state index >= 15 is 0 Å². The summed E-state index contributed by atoms with van der Waals surface area (Å²) >= 11 is 1.55. The van der Waals surface area contributed by atoms with E-state index in [2.05, 4.69) is 0 Å². The van der Waals surface area contributed by atoms with Crippen molar-refractivity contribution in [1.82, 2.24) is 4.90 Å². The predicted molar refractivity (Wildman–Crippen MR) is 88.0 cm³/mol. The minimum Gasteiger partial charge on any atom is -0.477 e. The summed E-state index contributed by atoms with van der Waals surface area (Å²) in [4.78, 5) is 25.4. The molecule has 24 heavy (non-hydrogen) atoms. The summed E-state index contributed by atoms with van der Waals surface area (Å²) in [6, 6.07) is 5.60. The Morgan fingerprint density at radius 3 is 2.75 bits per heavy atom. The van der Waals surface area contributed by atoms with Gasteiger partial charge in [0, 0.05) is 23.8 Å². The number of fused-ring (bicyclic) bond motifs is 1. The molecule has 0 aliphatic carbocycles. The Kier molecular flexibility index (Phi) is 4.40. The van der Waals surface area contributed by atoms with Gasteiger partial charge in [0.05, 0.1) is 18.1 Å². The van der Waals surface area contributed by atoms with Gasteiger partial charge in [-0.3, -0.25) is 4.79 Å². The van der Waals surface area contributed by atoms with Crippen molar-refractivity contribution in [2.24, 2.45) is 18.9 Å². The molecule has 0 spiro atoms. The molecule has 1 saturated heterocycles. The Labute approximate surface area is 144 Å². The standard InChI is InChI=1S/C17H20N2O4S/c1-9-11(8-24-12-6-4-5-7-18(12)3)15(17(22)23)19-14(9)13(10(2)20)16(19)21/h4-7,9-10,13-14,20H,8H2,1-3H3/p+1/t9-,10+,13+,14+/m0/s1. The van der Waals surface area contributed by atoms with Gasteiger partial charge in [0.2, 0.25) is 10.9 Å². The molecule has 0 radical (unpaired) electrons. The number of β-lactam (4-membered cyclic amide) rings is 1. The van der Waals surface area contributed by atoms with Crippen molar-refractivity contribution in [2.75, 3.05) is 5.75 Å². The van der Waals surface area contributed by atoms with E-state index in [-0.39, 0.29) is 23.6 Å². The highest BCUT2D eigenvalue weighted by atomic mass is 32.2. The van der Waals surface area contributed by atoms with Crippen molar-refractivity contribution in [2.45, 2.75) is 31.0 Å². The molecule has 1 fully saturated rings. The number of carbonyl (C=O) groups excluding carboxylic acids is 1. The normalized spacial score (nSPS) is 27.1. The maximum absolute atomic E-state index is 12.3. The number of hydrogen-bond acceptors (Lipinski definition) is 4. The second-order valence-corrected chi connectivity index (χ2v) is 7.37. The monoisotopic (exact) mass is 349 g/mol. The van der Waals surface area contributed by atoms with Crippen molar-refractivity contribution in [3.8, 4) is 0 Å². The zero-order valence-electron chi connectivity index (χ0n) is 13.8. The molecule has 6 nitrogen and oxygen atoms in total. The molecule has 2 aliphatic rings. The van der Waals surface area contributed by atoms with Gasteiger partial charge in [0.25, 0.3) is 0 Å². The number of carbonyl (C=O) groups is 2. The van der Waals surface area contributed by atoms with E-state index < -0.39 is 18.0 Å². The second-order valence-electron chi connectivity index (χ2n) is 6.37. The highest BCUT2D eigenvalue weighted by molar-refractivity contribution is 7.99. The number of aromatic nitrogens is 1. The van der Waals surface area contributed by atoms with Gasteiger partial charge in [-0.05, 0) is 18.6 Å². The lowest BCUT2D eigenvalue weighted by Gasteiger charge is -2.46. The lowest BCUT2D eigenvalue weighted by molar-refractivity contribution is -0.708. The molecule has 3 heterocycles. The lowest BCUT2D eigenvalue weighted by atomic mass is 9.78. The second kappa shape index (κ2) is 6.22. The quantitative estimate of drug-likeness (QED) is 0.467. The third kappa shape index (κ3) is 2.52. The van der Waals surface area contributed by atoms with Gasteiger partial charge in [0.1, 0.15) is 12.7 Å². The van der Waals surface area contributed by atoms with Crippen LogP contribution in [0.1, 0.15) is 13.8 Å². The lowest BCUT2D eigenvalue weighted by Crippen LogP contribution is -2.63. The number of aliphatic carboxylic acids is 1. The molecule has 4 atom stereocenters. The van der Waals surface area contributed by atoms with Crippen molar-refractivity contribution in [1.29, 1.82) is 0 Å². The molecule has 2 N–H and O–H groups in total. The fourth-order valence-corrected chi connectivity index (χ4v) is 4.79. The molecule has 1 aromatic rings. The number of carboxylic acid groups (broad SMARTS) is 1. The van der Waals surface area contributed by atoms with Gasteiger partial charge in [0.15, 0.2) is 6.20 Å². The third-order valence-corrected chi connectivity index (χ3v) is 6.08. The summed E-state index contributed by atoms with van der Waals surface area (Å²) < 4.78 is 1.98. The van der Waals surface area contributed by atoms with Crippen LogP contribution in [-0.4, -0.2) is 44.9 Å². The fraction of sp³-hybridized carbons (Fsp3) is 0.471. The average Bonchev–Trinajstić information content (AvgIpc) is 2.75. The summed E-state index contributed by atoms with van der Waals surface area (Å²) in [6.07, 6.45) is 1.17. The van der Waals surface area contributed by atoms with Crippen LogP contribution < -0.4 is 4.57 Å². The van der Waals surface area contributed by atoms with E-state index in [9.17, 15) is 19.8 Å². The Morgan fingerprint density at radius 2 is 2.17 bits per heavy atom. The average molecular weight is 349 g/mol. The molecule has 3 rings (SSSR count). The third-order valence-electron chi connectivity index (χ3n) is 4.90. The van der Waals surface area contributed by atoms with Crippen LogP contribution in [-0.2, 0) is 16.6 Å². The number of aryl methyl sites for hydroxylation is 1. The van der Waals surface area contributed by atoms with Crippen LogP contribution in [0.3, 0.4) is 0 Å². The Morgan fingerprint density at radius 1 is 1.46 bits per heavy atom. The minimum atomic E-state index is -1.07. The topological polar surface area (TPSA) is 81.7 Å². The van der Waals surface area contributed by atoms with Gasteiger partial charge >= 0.3 is 5.97 Å². The molecule has 0 bridgehead atoms. The van der Waals surface area contributed by atoms with Crippen LogP contribution in [0, 0.1) is 11.8 Å². The van der Waals surface area contributed by atoms with Crippen LogP contribution in [0.4, 0.5) is 0 Å². The molecule has 0 unspecified atom stereocenters. The first-order valence-corrected chi connectivity index (χ1v) is 8.88. The SMILES string of the molecule is C[C@@H](O)[C@H]1C(=O)N2C(C(=O)O)=C(CSc3cccc[n+]3C)[C@H](C)[C@H]12. The largest absolute Gasteiger partial charge is 0.477 e. The molecular formula is C17H21N2O4S+. The minimum absolute atomic E-state index is 0.0741. The molecule has 0 saturated carbocycles. The smallest absolute Gasteiger partial charge is 0.352 e. The molecule has 0 aromatic carbocycles. The van der Waals surface area contributed by atoms with Crippen LogP contribution in [0.5, 0.6) is 0 Å². The Bertz CT molecular complexity index is 731. The predicted octanol–water partition coefficient (Wildman–Crippen LogP) is 0.799. The number of thioether (sulfide) groups is 1. The van der Waals surface area contributed by atoms with Gasteiger partial charge in [-0.1, -0.05) is 18.7 Å². The van der Waals surface area contributed by atoms with E-state index in [0.717, 1.165) is 10.6 Å². The highest BCUT2D eigenvalue weighted by Gasteiger charge is 2.59. The van der Waals surface area contributed by atoms with E-state index in [0.29, 0.717) is 5.75 Å². The van der Waals surface area contributed by atoms with E-state index in [1.807, 2.05) is 42.9 Å². The Balaban J connectivity index is 1.87. The number of nitrogens with zero attached hydrogens (tertiary/aromatic N) is 2. The van der Waals surface area contributed by atoms with E-state index in [1.165, 1.54) is 4.90 Å². The van der Waals surface area contributed by atoms with E-state index in [1.54, 1.807) is 18.7 Å². The molecule has 1 amide bonds. The zero-order chi connectivity index (χ0) is 17.6. The summed E-state index contributed by atoms with van der Waals surface area (Å²) in [7, 11) is 1.94. The Hall–Kier alpha value is -1.86. The van der Waals surface area contributed by atoms with E-state index in [4.69, 9.17) is 0 Å². The summed E-state index contributed by atoms with van der Waals surface area (Å²) in [5, 5.41) is 20.5. The number of pyridine rings is 1. The van der Waals surface area contributed by atoms with Crippen LogP contribution in [0.15, 0.2) is 40.7 Å². The fourth-order valence-electron chi connectivity index (χ4n) is 3.64. The van der Waals surface area contributed by atoms with Gasteiger partial charge in [-0.25, -0.2) is 4.79 Å². The van der Waals surface area contributed by atoms with Crippen molar-refractivity contribution in [3.05, 3.63) is 35.7 Å². The van der Waals surface area contributed by atoms with Crippen molar-refractivity contribution in [3.63, 3.8) is 0 Å². The van der Waals surface area contributed by atoms with Crippen molar-refractivity contribution < 1.29 is 24.4 Å². The summed E-state index contributed by atoms with van der Waals surface area (Å²) in [5.74, 6) is -1.44. The first-order chi connectivity index (χ1) is 11.3. The maximum atomic E-state index is 12.3. The molecular weight excluding hydrogens is 328 g/mol. The first-order valence-electron chi connectivity index (χ1n) is 7.89. The van der Waals surface area contributed by atoms with Crippen LogP contribution in [0.25, 0.3) is 0 Å². The van der Waals surface area contributed by atoms with Gasteiger partial charge in [-0.15, -0.1) is 0 Å². The molecule has 1 aromatic heterocycles. The first kappa shape index (κ1) is 17.0. The van der Waals surface area contributed by atoms with Crippen molar-refractivity contribution >= 4 is 23.6 Å². The number of rotatable bonds is 5. The summed E-state index contributed by atoms with van der Waals surface area (Å²) in [5.41, 5.74) is 0.860. The molecule has 2 aliphatic heterocycles. The van der Waals surface area contributed by atoms with Crippen LogP contribution >= 0.6 is 11.8 Å². The molecule has 128 valence electrons. The number of aliphatic hydroxyl groups is 1. The summed E-state index contributed by atoms with van der Waals surface area (Å²) in [6.45, 7) is 3.53.